The second kappa shape index (κ2) is 7.35. The Morgan fingerprint density at radius 1 is 1.19 bits per heavy atom. The largest absolute Gasteiger partial charge is 0.433 e. The van der Waals surface area contributed by atoms with E-state index in [4.69, 9.17) is 0 Å². The molecule has 9 heteroatoms. The van der Waals surface area contributed by atoms with Crippen LogP contribution in [-0.4, -0.2) is 51.5 Å². The molecule has 1 fully saturated rings. The molecule has 3 rings (SSSR count). The van der Waals surface area contributed by atoms with Gasteiger partial charge in [-0.05, 0) is 18.6 Å². The number of amides is 1. The van der Waals surface area contributed by atoms with Crippen molar-refractivity contribution in [2.75, 3.05) is 31.1 Å². The first-order chi connectivity index (χ1) is 12.4. The quantitative estimate of drug-likeness (QED) is 0.834. The van der Waals surface area contributed by atoms with Gasteiger partial charge >= 0.3 is 6.18 Å². The summed E-state index contributed by atoms with van der Waals surface area (Å²) in [5, 5.41) is 0. The molecule has 1 saturated heterocycles. The maximum Gasteiger partial charge on any atom is 0.433 e. The summed E-state index contributed by atoms with van der Waals surface area (Å²) >= 11 is 0. The maximum absolute atomic E-state index is 12.8. The zero-order chi connectivity index (χ0) is 18.7. The summed E-state index contributed by atoms with van der Waals surface area (Å²) in [6.07, 6.45) is 1.30. The van der Waals surface area contributed by atoms with E-state index < -0.39 is 11.9 Å². The molecule has 0 bridgehead atoms. The highest BCUT2D eigenvalue weighted by Crippen LogP contribution is 2.28. The fourth-order valence-electron chi connectivity index (χ4n) is 2.92. The Hall–Kier alpha value is -2.58. The highest BCUT2D eigenvalue weighted by Gasteiger charge is 2.33. The average molecular weight is 367 g/mol. The summed E-state index contributed by atoms with van der Waals surface area (Å²) in [5.41, 5.74) is -0.333. The molecule has 140 valence electrons. The highest BCUT2D eigenvalue weighted by molar-refractivity contribution is 5.94. The number of rotatable bonds is 4. The summed E-state index contributed by atoms with van der Waals surface area (Å²) in [5.74, 6) is -0.0227. The van der Waals surface area contributed by atoms with Gasteiger partial charge in [-0.15, -0.1) is 0 Å². The molecule has 2 aromatic heterocycles. The molecular weight excluding hydrogens is 347 g/mol. The maximum atomic E-state index is 12.8. The molecule has 0 saturated carbocycles. The van der Waals surface area contributed by atoms with E-state index in [0.717, 1.165) is 25.2 Å². The van der Waals surface area contributed by atoms with Crippen molar-refractivity contribution in [1.82, 2.24) is 19.4 Å². The minimum absolute atomic E-state index is 0.0426. The van der Waals surface area contributed by atoms with Gasteiger partial charge in [0.05, 0.1) is 5.56 Å². The van der Waals surface area contributed by atoms with Gasteiger partial charge in [0.15, 0.2) is 0 Å². The van der Waals surface area contributed by atoms with Crippen LogP contribution < -0.4 is 4.90 Å². The predicted molar refractivity (Wildman–Crippen MR) is 89.9 cm³/mol. The number of alkyl halides is 3. The first-order valence-corrected chi connectivity index (χ1v) is 8.48. The number of aromatic nitrogens is 3. The Morgan fingerprint density at radius 2 is 1.92 bits per heavy atom. The van der Waals surface area contributed by atoms with Crippen molar-refractivity contribution in [3.63, 3.8) is 0 Å². The number of carbonyl (C=O) groups is 1. The number of halogens is 3. The van der Waals surface area contributed by atoms with E-state index in [1.807, 2.05) is 17.0 Å². The third kappa shape index (κ3) is 3.97. The van der Waals surface area contributed by atoms with Crippen LogP contribution in [0.15, 0.2) is 30.7 Å². The predicted octanol–water partition coefficient (Wildman–Crippen LogP) is 2.67. The average Bonchev–Trinajstić information content (AvgIpc) is 3.10. The molecule has 0 radical (unpaired) electrons. The van der Waals surface area contributed by atoms with Crippen molar-refractivity contribution >= 4 is 11.9 Å². The van der Waals surface area contributed by atoms with Gasteiger partial charge in [-0.25, -0.2) is 9.97 Å². The van der Waals surface area contributed by atoms with Crippen molar-refractivity contribution in [3.05, 3.63) is 42.0 Å². The standard InChI is InChI=1S/C17H20F3N5O/c1-2-6-23-7-4-13(12-23)15(26)24-8-10-25(11-9-24)16-21-5-3-14(22-16)17(18,19)20/h3-5,7,12H,2,6,8-11H2,1H3. The van der Waals surface area contributed by atoms with Crippen LogP contribution in [0, 0.1) is 0 Å². The van der Waals surface area contributed by atoms with Crippen molar-refractivity contribution < 1.29 is 18.0 Å². The van der Waals surface area contributed by atoms with E-state index in [9.17, 15) is 18.0 Å². The monoisotopic (exact) mass is 367 g/mol. The minimum atomic E-state index is -4.50. The third-order valence-corrected chi connectivity index (χ3v) is 4.26. The summed E-state index contributed by atoms with van der Waals surface area (Å²) in [4.78, 5) is 23.5. The number of carbonyl (C=O) groups excluding carboxylic acids is 1. The lowest BCUT2D eigenvalue weighted by Gasteiger charge is -2.34. The number of nitrogens with zero attached hydrogens (tertiary/aromatic N) is 5. The van der Waals surface area contributed by atoms with E-state index in [0.29, 0.717) is 31.7 Å². The van der Waals surface area contributed by atoms with Gasteiger partial charge in [0, 0.05) is 51.3 Å². The van der Waals surface area contributed by atoms with Gasteiger partial charge in [-0.1, -0.05) is 6.92 Å². The normalized spacial score (nSPS) is 15.4. The van der Waals surface area contributed by atoms with Crippen LogP contribution in [0.2, 0.25) is 0 Å². The smallest absolute Gasteiger partial charge is 0.353 e. The van der Waals surface area contributed by atoms with Crippen molar-refractivity contribution in [1.29, 1.82) is 0 Å². The van der Waals surface area contributed by atoms with E-state index in [1.165, 1.54) is 0 Å². The summed E-state index contributed by atoms with van der Waals surface area (Å²) in [7, 11) is 0. The van der Waals surface area contributed by atoms with E-state index in [-0.39, 0.29) is 11.9 Å². The van der Waals surface area contributed by atoms with E-state index in [1.54, 1.807) is 15.9 Å². The molecule has 1 aliphatic heterocycles. The fourth-order valence-corrected chi connectivity index (χ4v) is 2.92. The second-order valence-corrected chi connectivity index (χ2v) is 6.16. The molecule has 6 nitrogen and oxygen atoms in total. The zero-order valence-electron chi connectivity index (χ0n) is 14.4. The first-order valence-electron chi connectivity index (χ1n) is 8.48. The summed E-state index contributed by atoms with van der Waals surface area (Å²) in [6, 6.07) is 2.64. The Balaban J connectivity index is 1.63. The van der Waals surface area contributed by atoms with Crippen LogP contribution in [0.3, 0.4) is 0 Å². The molecule has 0 N–H and O–H groups in total. The minimum Gasteiger partial charge on any atom is -0.353 e. The molecule has 0 atom stereocenters. The first kappa shape index (κ1) is 18.2. The second-order valence-electron chi connectivity index (χ2n) is 6.16. The number of aryl methyl sites for hydroxylation is 1. The van der Waals surface area contributed by atoms with Crippen LogP contribution in [0.5, 0.6) is 0 Å². The lowest BCUT2D eigenvalue weighted by molar-refractivity contribution is -0.141. The van der Waals surface area contributed by atoms with Crippen LogP contribution in [0.4, 0.5) is 19.1 Å². The number of hydrogen-bond donors (Lipinski definition) is 0. The van der Waals surface area contributed by atoms with Gasteiger partial charge in [-0.2, -0.15) is 13.2 Å². The highest BCUT2D eigenvalue weighted by atomic mass is 19.4. The van der Waals surface area contributed by atoms with Crippen LogP contribution in [-0.2, 0) is 12.7 Å². The molecule has 0 spiro atoms. The van der Waals surface area contributed by atoms with Crippen LogP contribution in [0.1, 0.15) is 29.4 Å². The Labute approximate surface area is 149 Å². The van der Waals surface area contributed by atoms with Crippen LogP contribution >= 0.6 is 0 Å². The topological polar surface area (TPSA) is 54.3 Å². The van der Waals surface area contributed by atoms with Crippen LogP contribution in [0.25, 0.3) is 0 Å². The summed E-state index contributed by atoms with van der Waals surface area (Å²) < 4.78 is 40.3. The molecule has 3 heterocycles. The third-order valence-electron chi connectivity index (χ3n) is 4.26. The van der Waals surface area contributed by atoms with E-state index >= 15 is 0 Å². The van der Waals surface area contributed by atoms with Crippen molar-refractivity contribution in [3.8, 4) is 0 Å². The Morgan fingerprint density at radius 3 is 2.58 bits per heavy atom. The lowest BCUT2D eigenvalue weighted by Crippen LogP contribution is -2.49. The molecule has 0 aromatic carbocycles. The zero-order valence-corrected chi connectivity index (χ0v) is 14.4. The fraction of sp³-hybridized carbons (Fsp3) is 0.471. The molecule has 1 amide bonds. The molecule has 2 aromatic rings. The molecule has 0 aliphatic carbocycles. The number of hydrogen-bond acceptors (Lipinski definition) is 4. The van der Waals surface area contributed by atoms with Gasteiger partial charge in [0.1, 0.15) is 5.69 Å². The van der Waals surface area contributed by atoms with Gasteiger partial charge in [-0.3, -0.25) is 4.79 Å². The summed E-state index contributed by atoms with van der Waals surface area (Å²) in [6.45, 7) is 4.53. The lowest BCUT2D eigenvalue weighted by atomic mass is 10.2. The van der Waals surface area contributed by atoms with Crippen molar-refractivity contribution in [2.45, 2.75) is 26.1 Å². The van der Waals surface area contributed by atoms with Crippen molar-refractivity contribution in [2.24, 2.45) is 0 Å². The Bertz CT molecular complexity index is 766. The number of anilines is 1. The SMILES string of the molecule is CCCn1ccc(C(=O)N2CCN(c3nccc(C(F)(F)F)n3)CC2)c1. The van der Waals surface area contributed by atoms with Gasteiger partial charge < -0.3 is 14.4 Å². The Kier molecular flexibility index (Phi) is 5.15. The molecular formula is C17H20F3N5O. The van der Waals surface area contributed by atoms with Gasteiger partial charge in [0.2, 0.25) is 5.95 Å². The number of piperazine rings is 1. The molecule has 1 aliphatic rings. The van der Waals surface area contributed by atoms with E-state index in [2.05, 4.69) is 16.9 Å². The van der Waals surface area contributed by atoms with Gasteiger partial charge in [0.25, 0.3) is 5.91 Å². The molecule has 0 unspecified atom stereocenters. The molecule has 26 heavy (non-hydrogen) atoms.